The molecule has 2 atom stereocenters. The van der Waals surface area contributed by atoms with Gasteiger partial charge in [0.05, 0.1) is 6.42 Å². The molecule has 1 aromatic carbocycles. The summed E-state index contributed by atoms with van der Waals surface area (Å²) in [5, 5.41) is 2.93. The number of hydrogen-bond donors (Lipinski definition) is 2. The smallest absolute Gasteiger partial charge is 0.224 e. The maximum absolute atomic E-state index is 12.7. The molecule has 2 unspecified atom stereocenters. The Morgan fingerprint density at radius 3 is 2.65 bits per heavy atom. The van der Waals surface area contributed by atoms with Crippen LogP contribution in [0.15, 0.2) is 24.3 Å². The van der Waals surface area contributed by atoms with Gasteiger partial charge in [0, 0.05) is 12.1 Å². The van der Waals surface area contributed by atoms with Gasteiger partial charge in [-0.3, -0.25) is 4.79 Å². The molecular formula is C13H17FN2O. The third kappa shape index (κ3) is 3.27. The van der Waals surface area contributed by atoms with Gasteiger partial charge >= 0.3 is 0 Å². The van der Waals surface area contributed by atoms with Crippen LogP contribution in [-0.4, -0.2) is 18.0 Å². The van der Waals surface area contributed by atoms with Crippen molar-refractivity contribution in [3.63, 3.8) is 0 Å². The summed E-state index contributed by atoms with van der Waals surface area (Å²) in [6, 6.07) is 6.16. The highest BCUT2D eigenvalue weighted by molar-refractivity contribution is 5.78. The zero-order valence-electron chi connectivity index (χ0n) is 9.66. The first kappa shape index (κ1) is 12.0. The average molecular weight is 236 g/mol. The molecule has 3 nitrogen and oxygen atoms in total. The Labute approximate surface area is 100 Å². The van der Waals surface area contributed by atoms with E-state index in [2.05, 4.69) is 5.32 Å². The van der Waals surface area contributed by atoms with Crippen LogP contribution in [0.2, 0.25) is 0 Å². The summed E-state index contributed by atoms with van der Waals surface area (Å²) in [4.78, 5) is 11.7. The Bertz CT molecular complexity index is 391. The second kappa shape index (κ2) is 5.27. The molecule has 2 rings (SSSR count). The number of nitrogens with one attached hydrogen (secondary N) is 1. The van der Waals surface area contributed by atoms with E-state index in [1.54, 1.807) is 12.1 Å². The van der Waals surface area contributed by atoms with E-state index < -0.39 is 0 Å². The van der Waals surface area contributed by atoms with Crippen LogP contribution in [0, 0.1) is 5.82 Å². The summed E-state index contributed by atoms with van der Waals surface area (Å²) in [5.41, 5.74) is 6.69. The van der Waals surface area contributed by atoms with Crippen molar-refractivity contribution in [3.05, 3.63) is 35.6 Å². The van der Waals surface area contributed by atoms with Crippen LogP contribution >= 0.6 is 0 Å². The van der Waals surface area contributed by atoms with E-state index in [0.717, 1.165) is 24.8 Å². The first-order valence-electron chi connectivity index (χ1n) is 5.94. The minimum atomic E-state index is -0.285. The highest BCUT2D eigenvalue weighted by Gasteiger charge is 2.24. The molecule has 1 amide bonds. The van der Waals surface area contributed by atoms with Gasteiger partial charge in [0.1, 0.15) is 5.82 Å². The molecule has 0 bridgehead atoms. The van der Waals surface area contributed by atoms with Crippen LogP contribution < -0.4 is 11.1 Å². The fourth-order valence-corrected chi connectivity index (χ4v) is 2.21. The van der Waals surface area contributed by atoms with Gasteiger partial charge < -0.3 is 11.1 Å². The van der Waals surface area contributed by atoms with Crippen molar-refractivity contribution in [2.24, 2.45) is 5.73 Å². The van der Waals surface area contributed by atoms with Crippen LogP contribution in [0.25, 0.3) is 0 Å². The molecule has 1 saturated carbocycles. The van der Waals surface area contributed by atoms with E-state index in [-0.39, 0.29) is 30.2 Å². The highest BCUT2D eigenvalue weighted by atomic mass is 19.1. The fraction of sp³-hybridized carbons (Fsp3) is 0.462. The van der Waals surface area contributed by atoms with E-state index in [1.807, 2.05) is 0 Å². The molecule has 1 aliphatic rings. The monoisotopic (exact) mass is 236 g/mol. The number of rotatable bonds is 3. The van der Waals surface area contributed by atoms with Gasteiger partial charge in [-0.05, 0) is 37.0 Å². The Hall–Kier alpha value is -1.42. The zero-order valence-corrected chi connectivity index (χ0v) is 9.66. The van der Waals surface area contributed by atoms with Crippen molar-refractivity contribution >= 4 is 5.91 Å². The molecule has 0 aliphatic heterocycles. The zero-order chi connectivity index (χ0) is 12.3. The maximum Gasteiger partial charge on any atom is 0.224 e. The summed E-state index contributed by atoms with van der Waals surface area (Å²) < 4.78 is 12.7. The normalized spacial score (nSPS) is 23.6. The maximum atomic E-state index is 12.7. The average Bonchev–Trinajstić information content (AvgIpc) is 2.68. The predicted molar refractivity (Wildman–Crippen MR) is 63.9 cm³/mol. The van der Waals surface area contributed by atoms with Crippen molar-refractivity contribution in [2.45, 2.75) is 37.8 Å². The second-order valence-electron chi connectivity index (χ2n) is 4.57. The summed E-state index contributed by atoms with van der Waals surface area (Å²) >= 11 is 0. The Balaban J connectivity index is 1.86. The van der Waals surface area contributed by atoms with Gasteiger partial charge in [0.2, 0.25) is 5.91 Å². The van der Waals surface area contributed by atoms with Gasteiger partial charge in [0.15, 0.2) is 0 Å². The van der Waals surface area contributed by atoms with Crippen LogP contribution in [0.4, 0.5) is 4.39 Å². The van der Waals surface area contributed by atoms with Crippen LogP contribution in [0.3, 0.4) is 0 Å². The van der Waals surface area contributed by atoms with E-state index >= 15 is 0 Å². The predicted octanol–water partition coefficient (Wildman–Crippen LogP) is 1.36. The molecule has 92 valence electrons. The topological polar surface area (TPSA) is 55.1 Å². The Morgan fingerprint density at radius 2 is 2.06 bits per heavy atom. The van der Waals surface area contributed by atoms with Crippen molar-refractivity contribution in [1.82, 2.24) is 5.32 Å². The lowest BCUT2D eigenvalue weighted by molar-refractivity contribution is -0.121. The van der Waals surface area contributed by atoms with Gasteiger partial charge in [-0.15, -0.1) is 0 Å². The SMILES string of the molecule is NC1CCCC1NC(=O)Cc1ccc(F)cc1. The lowest BCUT2D eigenvalue weighted by Gasteiger charge is -2.17. The fourth-order valence-electron chi connectivity index (χ4n) is 2.21. The highest BCUT2D eigenvalue weighted by Crippen LogP contribution is 2.17. The molecule has 1 aromatic rings. The van der Waals surface area contributed by atoms with Crippen molar-refractivity contribution in [2.75, 3.05) is 0 Å². The van der Waals surface area contributed by atoms with Crippen LogP contribution in [0.5, 0.6) is 0 Å². The number of carbonyl (C=O) groups is 1. The first-order chi connectivity index (χ1) is 8.15. The van der Waals surface area contributed by atoms with Crippen LogP contribution in [0.1, 0.15) is 24.8 Å². The molecule has 3 N–H and O–H groups in total. The van der Waals surface area contributed by atoms with E-state index in [1.165, 1.54) is 12.1 Å². The molecule has 0 saturated heterocycles. The Morgan fingerprint density at radius 1 is 1.35 bits per heavy atom. The molecule has 0 radical (unpaired) electrons. The quantitative estimate of drug-likeness (QED) is 0.832. The lowest BCUT2D eigenvalue weighted by Crippen LogP contribution is -2.44. The number of nitrogens with two attached hydrogens (primary N) is 1. The third-order valence-electron chi connectivity index (χ3n) is 3.19. The van der Waals surface area contributed by atoms with Crippen LogP contribution in [-0.2, 0) is 11.2 Å². The van der Waals surface area contributed by atoms with E-state index in [9.17, 15) is 9.18 Å². The molecule has 17 heavy (non-hydrogen) atoms. The van der Waals surface area contributed by atoms with Gasteiger partial charge in [-0.25, -0.2) is 4.39 Å². The second-order valence-corrected chi connectivity index (χ2v) is 4.57. The number of halogens is 1. The third-order valence-corrected chi connectivity index (χ3v) is 3.19. The summed E-state index contributed by atoms with van der Waals surface area (Å²) in [6.07, 6.45) is 3.28. The van der Waals surface area contributed by atoms with Crippen molar-refractivity contribution in [1.29, 1.82) is 0 Å². The summed E-state index contributed by atoms with van der Waals surface area (Å²) in [6.45, 7) is 0. The molecule has 1 aliphatic carbocycles. The number of amides is 1. The molecular weight excluding hydrogens is 219 g/mol. The number of carbonyl (C=O) groups excluding carboxylic acids is 1. The van der Waals surface area contributed by atoms with Crippen molar-refractivity contribution in [3.8, 4) is 0 Å². The van der Waals surface area contributed by atoms with Gasteiger partial charge in [0.25, 0.3) is 0 Å². The van der Waals surface area contributed by atoms with Gasteiger partial charge in [-0.2, -0.15) is 0 Å². The molecule has 4 heteroatoms. The van der Waals surface area contributed by atoms with E-state index in [4.69, 9.17) is 5.73 Å². The standard InChI is InChI=1S/C13H17FN2O/c14-10-6-4-9(5-7-10)8-13(17)16-12-3-1-2-11(12)15/h4-7,11-12H,1-3,8,15H2,(H,16,17). The number of hydrogen-bond acceptors (Lipinski definition) is 2. The molecule has 0 spiro atoms. The van der Waals surface area contributed by atoms with E-state index in [0.29, 0.717) is 0 Å². The minimum Gasteiger partial charge on any atom is -0.352 e. The molecule has 0 aromatic heterocycles. The lowest BCUT2D eigenvalue weighted by atomic mass is 10.1. The largest absolute Gasteiger partial charge is 0.352 e. The minimum absolute atomic E-state index is 0.0426. The first-order valence-corrected chi connectivity index (χ1v) is 5.94. The Kier molecular flexibility index (Phi) is 3.74. The van der Waals surface area contributed by atoms with Crippen molar-refractivity contribution < 1.29 is 9.18 Å². The summed E-state index contributed by atoms with van der Waals surface area (Å²) in [7, 11) is 0. The summed E-state index contributed by atoms with van der Waals surface area (Å²) in [5.74, 6) is -0.328. The molecule has 0 heterocycles. The van der Waals surface area contributed by atoms with Gasteiger partial charge in [-0.1, -0.05) is 12.1 Å². The number of benzene rings is 1. The molecule has 1 fully saturated rings.